The van der Waals surface area contributed by atoms with Crippen molar-refractivity contribution in [1.29, 1.82) is 0 Å². The van der Waals surface area contributed by atoms with E-state index < -0.39 is 0 Å². The molecule has 5 aliphatic rings. The summed E-state index contributed by atoms with van der Waals surface area (Å²) in [6.07, 6.45) is 22.8. The molecule has 0 saturated heterocycles. The molecule has 0 fully saturated rings. The van der Waals surface area contributed by atoms with Crippen LogP contribution in [-0.4, -0.2) is 23.6 Å². The van der Waals surface area contributed by atoms with Gasteiger partial charge in [-0.15, -0.1) is 22.9 Å². The van der Waals surface area contributed by atoms with Crippen LogP contribution in [0.4, 0.5) is 22.7 Å². The molecule has 4 aromatic carbocycles. The van der Waals surface area contributed by atoms with E-state index in [0.717, 1.165) is 44.5 Å². The molecule has 8 heteroatoms. The molecule has 4 aromatic rings. The molecular weight excluding hydrogens is 745 g/mol. The van der Waals surface area contributed by atoms with Crippen molar-refractivity contribution in [1.82, 2.24) is 0 Å². The number of anilines is 4. The number of rotatable bonds is 8. The largest absolute Gasteiger partial charge is 0.321 e. The van der Waals surface area contributed by atoms with Gasteiger partial charge in [-0.2, -0.15) is 0 Å². The number of carbonyl (C=O) groups is 4. The fraction of sp³-hybridized carbons (Fsp3) is 0.0769. The number of amides is 4. The molecule has 0 aromatic heterocycles. The SMILES string of the molecule is O=C(Nc1cc2cc(c1)Cc1cc(cc(NC(=O)C3=C=CC=C3)c1)Cc1cc(cc(NC(=O)C3=C=CC=C3)c1)Cc1cc(cc(NC(=O)C3=C=CC=C3)c1)C2)C1=C=CC=C1. The fourth-order valence-electron chi connectivity index (χ4n) is 7.78. The minimum Gasteiger partial charge on any atom is -0.321 e. The Balaban J connectivity index is 1.15. The van der Waals surface area contributed by atoms with Gasteiger partial charge in [0.2, 0.25) is 0 Å². The van der Waals surface area contributed by atoms with E-state index in [1.54, 1.807) is 72.9 Å². The predicted molar refractivity (Wildman–Crippen MR) is 234 cm³/mol. The highest BCUT2D eigenvalue weighted by Crippen LogP contribution is 2.29. The molecule has 5 aliphatic carbocycles. The summed E-state index contributed by atoms with van der Waals surface area (Å²) in [5.41, 5.74) is 23.9. The Labute approximate surface area is 346 Å². The van der Waals surface area contributed by atoms with Crippen LogP contribution >= 0.6 is 0 Å². The lowest BCUT2D eigenvalue weighted by Crippen LogP contribution is -2.14. The van der Waals surface area contributed by atoms with Gasteiger partial charge >= 0.3 is 0 Å². The maximum absolute atomic E-state index is 13.3. The van der Waals surface area contributed by atoms with Crippen LogP contribution in [0.2, 0.25) is 0 Å². The molecule has 0 atom stereocenters. The summed E-state index contributed by atoms with van der Waals surface area (Å²) in [4.78, 5) is 53.1. The number of fused-ring (bicyclic) bond motifs is 8. The van der Waals surface area contributed by atoms with Gasteiger partial charge in [0.05, 0.1) is 22.3 Å². The molecule has 288 valence electrons. The van der Waals surface area contributed by atoms with Gasteiger partial charge in [0, 0.05) is 22.7 Å². The first-order valence-corrected chi connectivity index (χ1v) is 19.5. The highest BCUT2D eigenvalue weighted by Gasteiger charge is 2.17. The van der Waals surface area contributed by atoms with Crippen molar-refractivity contribution in [3.8, 4) is 0 Å². The Kier molecular flexibility index (Phi) is 10.2. The highest BCUT2D eigenvalue weighted by atomic mass is 16.2. The van der Waals surface area contributed by atoms with E-state index in [4.69, 9.17) is 0 Å². The smallest absolute Gasteiger partial charge is 0.263 e. The number of allylic oxidation sites excluding steroid dienone is 4. The van der Waals surface area contributed by atoms with Crippen LogP contribution in [-0.2, 0) is 44.9 Å². The van der Waals surface area contributed by atoms with Crippen LogP contribution in [0.25, 0.3) is 0 Å². The molecule has 9 rings (SSSR count). The maximum Gasteiger partial charge on any atom is 0.263 e. The van der Waals surface area contributed by atoms with E-state index in [9.17, 15) is 19.2 Å². The van der Waals surface area contributed by atoms with E-state index >= 15 is 0 Å². The topological polar surface area (TPSA) is 116 Å². The highest BCUT2D eigenvalue weighted by molar-refractivity contribution is 6.08. The monoisotopic (exact) mass is 780 g/mol. The van der Waals surface area contributed by atoms with Crippen molar-refractivity contribution in [2.45, 2.75) is 25.7 Å². The van der Waals surface area contributed by atoms with Gasteiger partial charge < -0.3 is 21.3 Å². The van der Waals surface area contributed by atoms with Crippen molar-refractivity contribution >= 4 is 46.4 Å². The molecule has 8 bridgehead atoms. The van der Waals surface area contributed by atoms with Crippen LogP contribution in [0.5, 0.6) is 0 Å². The van der Waals surface area contributed by atoms with Gasteiger partial charge in [0.15, 0.2) is 0 Å². The molecule has 4 amide bonds. The summed E-state index contributed by atoms with van der Waals surface area (Å²) < 4.78 is 0. The zero-order valence-corrected chi connectivity index (χ0v) is 32.3. The van der Waals surface area contributed by atoms with Crippen LogP contribution in [0.15, 0.2) is 191 Å². The molecule has 0 spiro atoms. The number of nitrogens with one attached hydrogen (secondary N) is 4. The third-order valence-corrected chi connectivity index (χ3v) is 10.2. The zero-order chi connectivity index (χ0) is 41.0. The average Bonchev–Trinajstić information content (AvgIpc) is 4.06. The Morgan fingerprint density at radius 3 is 0.683 bits per heavy atom. The van der Waals surface area contributed by atoms with Gasteiger partial charge in [-0.3, -0.25) is 19.2 Å². The number of carbonyl (C=O) groups excluding carboxylic acids is 4. The van der Waals surface area contributed by atoms with Gasteiger partial charge in [-0.1, -0.05) is 48.6 Å². The number of hydrogen-bond acceptors (Lipinski definition) is 4. The fourth-order valence-corrected chi connectivity index (χ4v) is 7.78. The van der Waals surface area contributed by atoms with Crippen LogP contribution in [0.1, 0.15) is 44.5 Å². The Bertz CT molecular complexity index is 2510. The molecule has 4 N–H and O–H groups in total. The van der Waals surface area contributed by atoms with Crippen LogP contribution in [0.3, 0.4) is 0 Å². The normalized spacial score (nSPS) is 14.8. The Hall–Kier alpha value is -8.20. The summed E-state index contributed by atoms with van der Waals surface area (Å²) in [5, 5.41) is 12.3. The Morgan fingerprint density at radius 1 is 0.317 bits per heavy atom. The molecule has 60 heavy (non-hydrogen) atoms. The van der Waals surface area contributed by atoms with Crippen molar-refractivity contribution in [3.05, 3.63) is 235 Å². The zero-order valence-electron chi connectivity index (χ0n) is 32.3. The van der Waals surface area contributed by atoms with E-state index in [2.05, 4.69) is 68.5 Å². The van der Waals surface area contributed by atoms with E-state index in [1.807, 2.05) is 48.5 Å². The first kappa shape index (κ1) is 37.4. The van der Waals surface area contributed by atoms with E-state index in [-0.39, 0.29) is 23.6 Å². The summed E-state index contributed by atoms with van der Waals surface area (Å²) in [5.74, 6) is -1.05. The second-order valence-corrected chi connectivity index (χ2v) is 15.0. The van der Waals surface area contributed by atoms with Crippen molar-refractivity contribution in [2.75, 3.05) is 21.3 Å². The Morgan fingerprint density at radius 2 is 0.517 bits per heavy atom. The number of hydrogen-bond donors (Lipinski definition) is 4. The molecule has 8 nitrogen and oxygen atoms in total. The maximum atomic E-state index is 13.3. The minimum atomic E-state index is -0.262. The number of benzene rings is 4. The van der Waals surface area contributed by atoms with Gasteiger partial charge in [-0.25, -0.2) is 0 Å². The quantitative estimate of drug-likeness (QED) is 0.118. The lowest BCUT2D eigenvalue weighted by molar-refractivity contribution is -0.113. The molecule has 0 unspecified atom stereocenters. The predicted octanol–water partition coefficient (Wildman–Crippen LogP) is 8.72. The second kappa shape index (κ2) is 16.3. The van der Waals surface area contributed by atoms with Crippen molar-refractivity contribution in [3.63, 3.8) is 0 Å². The minimum absolute atomic E-state index is 0.262. The van der Waals surface area contributed by atoms with Crippen LogP contribution in [0, 0.1) is 0 Å². The van der Waals surface area contributed by atoms with Gasteiger partial charge in [0.1, 0.15) is 0 Å². The second-order valence-electron chi connectivity index (χ2n) is 15.0. The molecule has 0 radical (unpaired) electrons. The third kappa shape index (κ3) is 8.84. The van der Waals surface area contributed by atoms with E-state index in [1.165, 1.54) is 0 Å². The average molecular weight is 781 g/mol. The summed E-state index contributed by atoms with van der Waals surface area (Å²) in [6, 6.07) is 24.3. The first-order chi connectivity index (χ1) is 29.2. The lowest BCUT2D eigenvalue weighted by atomic mass is 9.92. The summed E-state index contributed by atoms with van der Waals surface area (Å²) in [7, 11) is 0. The van der Waals surface area contributed by atoms with Gasteiger partial charge in [0.25, 0.3) is 23.6 Å². The molecule has 0 heterocycles. The molecule has 0 saturated carbocycles. The lowest BCUT2D eigenvalue weighted by Gasteiger charge is -2.17. The van der Waals surface area contributed by atoms with Crippen molar-refractivity contribution < 1.29 is 19.2 Å². The first-order valence-electron chi connectivity index (χ1n) is 19.5. The summed E-state index contributed by atoms with van der Waals surface area (Å²) in [6.45, 7) is 0. The van der Waals surface area contributed by atoms with Gasteiger partial charge in [-0.05, 0) is 167 Å². The third-order valence-electron chi connectivity index (χ3n) is 10.2. The molecule has 0 aliphatic heterocycles. The summed E-state index contributed by atoms with van der Waals surface area (Å²) >= 11 is 0. The standard InChI is InChI=1S/C52H36N4O4/c57-49(41-9-1-2-10-41)53-45-25-33-17-34(26-45)22-36-19-38(30-47(28-36)55-51(59)43-13-5-6-14-43)24-40-20-39(31-48(32-40)56-52(60)44-15-7-8-16-44)23-37-18-35(21-33)27-46(29-37)54-50(58)42-11-3-4-12-42/h1-9,11,13,15,17-20,25-32H,21-24H2,(H,53,57)(H,54,58)(H,55,59)(H,56,60). The van der Waals surface area contributed by atoms with Crippen molar-refractivity contribution in [2.24, 2.45) is 0 Å². The molecular formula is C52H36N4O4. The van der Waals surface area contributed by atoms with E-state index in [0.29, 0.717) is 70.7 Å². The van der Waals surface area contributed by atoms with Crippen LogP contribution < -0.4 is 21.3 Å².